The van der Waals surface area contributed by atoms with E-state index in [1.165, 1.54) is 6.20 Å². The molecule has 2 N–H and O–H groups in total. The van der Waals surface area contributed by atoms with Gasteiger partial charge < -0.3 is 15.0 Å². The van der Waals surface area contributed by atoms with Crippen molar-refractivity contribution >= 4 is 22.8 Å². The molecule has 0 spiro atoms. The van der Waals surface area contributed by atoms with Gasteiger partial charge in [0.25, 0.3) is 5.91 Å². The van der Waals surface area contributed by atoms with E-state index in [-0.39, 0.29) is 11.6 Å². The summed E-state index contributed by atoms with van der Waals surface area (Å²) in [5, 5.41) is 3.15. The maximum absolute atomic E-state index is 13.4. The van der Waals surface area contributed by atoms with Gasteiger partial charge in [-0.25, -0.2) is 9.97 Å². The van der Waals surface area contributed by atoms with Crippen LogP contribution in [0.5, 0.6) is 11.5 Å². The molecule has 0 saturated heterocycles. The van der Waals surface area contributed by atoms with E-state index in [1.807, 2.05) is 0 Å². The van der Waals surface area contributed by atoms with Crippen molar-refractivity contribution in [2.45, 2.75) is 6.18 Å². The summed E-state index contributed by atoms with van der Waals surface area (Å²) in [5.41, 5.74) is -0.137. The van der Waals surface area contributed by atoms with Crippen LogP contribution in [0.15, 0.2) is 67.1 Å². The van der Waals surface area contributed by atoms with Crippen molar-refractivity contribution in [3.63, 3.8) is 0 Å². The van der Waals surface area contributed by atoms with Crippen LogP contribution in [0.1, 0.15) is 15.9 Å². The van der Waals surface area contributed by atoms with E-state index in [0.29, 0.717) is 22.8 Å². The molecule has 9 heteroatoms. The second-order valence-corrected chi connectivity index (χ2v) is 6.07. The molecular formula is C20H13F3N4O2. The predicted octanol–water partition coefficient (Wildman–Crippen LogP) is 5.02. The Hall–Kier alpha value is -3.88. The molecule has 1 amide bonds. The van der Waals surface area contributed by atoms with Crippen LogP contribution in [-0.4, -0.2) is 20.9 Å². The molecule has 0 aliphatic carbocycles. The number of pyridine rings is 2. The van der Waals surface area contributed by atoms with E-state index in [9.17, 15) is 18.0 Å². The summed E-state index contributed by atoms with van der Waals surface area (Å²) in [6.45, 7) is 0. The molecule has 0 bridgehead atoms. The molecule has 3 heterocycles. The first-order valence-electron chi connectivity index (χ1n) is 8.45. The molecule has 6 nitrogen and oxygen atoms in total. The van der Waals surface area contributed by atoms with Gasteiger partial charge in [-0.1, -0.05) is 18.2 Å². The lowest BCUT2D eigenvalue weighted by Crippen LogP contribution is -2.14. The van der Waals surface area contributed by atoms with Gasteiger partial charge in [-0.3, -0.25) is 4.79 Å². The van der Waals surface area contributed by atoms with Crippen molar-refractivity contribution in [2.24, 2.45) is 0 Å². The van der Waals surface area contributed by atoms with E-state index in [2.05, 4.69) is 20.3 Å². The normalized spacial score (nSPS) is 11.4. The van der Waals surface area contributed by atoms with Crippen LogP contribution in [0.4, 0.5) is 19.0 Å². The van der Waals surface area contributed by atoms with Crippen molar-refractivity contribution in [2.75, 3.05) is 5.32 Å². The van der Waals surface area contributed by atoms with Gasteiger partial charge in [-0.05, 0) is 24.3 Å². The van der Waals surface area contributed by atoms with Crippen molar-refractivity contribution < 1.29 is 22.7 Å². The highest BCUT2D eigenvalue weighted by Crippen LogP contribution is 2.39. The Bertz CT molecular complexity index is 1170. The third-order valence-corrected chi connectivity index (χ3v) is 4.05. The van der Waals surface area contributed by atoms with E-state index < -0.39 is 23.4 Å². The number of benzene rings is 1. The number of rotatable bonds is 4. The smallest absolute Gasteiger partial charge is 0.421 e. The Balaban J connectivity index is 1.66. The number of carbonyl (C=O) groups excluding carboxylic acids is 1. The van der Waals surface area contributed by atoms with E-state index in [1.54, 1.807) is 48.7 Å². The molecule has 0 unspecified atom stereocenters. The maximum Gasteiger partial charge on any atom is 0.421 e. The monoisotopic (exact) mass is 398 g/mol. The van der Waals surface area contributed by atoms with Crippen LogP contribution in [0.3, 0.4) is 0 Å². The van der Waals surface area contributed by atoms with Gasteiger partial charge in [0.2, 0.25) is 0 Å². The number of alkyl halides is 3. The third-order valence-electron chi connectivity index (χ3n) is 4.05. The summed E-state index contributed by atoms with van der Waals surface area (Å²) >= 11 is 0. The molecule has 29 heavy (non-hydrogen) atoms. The number of hydrogen-bond donors (Lipinski definition) is 2. The third kappa shape index (κ3) is 4.03. The molecule has 146 valence electrons. The molecule has 4 aromatic rings. The Kier molecular flexibility index (Phi) is 4.63. The Morgan fingerprint density at radius 2 is 1.83 bits per heavy atom. The predicted molar refractivity (Wildman–Crippen MR) is 99.8 cm³/mol. The van der Waals surface area contributed by atoms with Gasteiger partial charge in [0.05, 0.1) is 6.20 Å². The van der Waals surface area contributed by atoms with Crippen LogP contribution in [-0.2, 0) is 6.18 Å². The number of nitrogens with zero attached hydrogens (tertiary/aromatic N) is 2. The first kappa shape index (κ1) is 18.5. The fourth-order valence-electron chi connectivity index (χ4n) is 2.68. The van der Waals surface area contributed by atoms with Gasteiger partial charge in [0.1, 0.15) is 28.5 Å². The summed E-state index contributed by atoms with van der Waals surface area (Å²) in [4.78, 5) is 22.9. The molecule has 0 saturated carbocycles. The van der Waals surface area contributed by atoms with E-state index >= 15 is 0 Å². The van der Waals surface area contributed by atoms with Crippen molar-refractivity contribution in [1.29, 1.82) is 0 Å². The first-order valence-corrected chi connectivity index (χ1v) is 8.45. The second-order valence-electron chi connectivity index (χ2n) is 6.07. The molecule has 0 radical (unpaired) electrons. The number of ether oxygens (including phenoxy) is 1. The number of hydrogen-bond acceptors (Lipinski definition) is 4. The number of H-pyrrole nitrogens is 1. The van der Waals surface area contributed by atoms with E-state index in [0.717, 1.165) is 6.07 Å². The molecule has 0 fully saturated rings. The van der Waals surface area contributed by atoms with Crippen LogP contribution in [0.2, 0.25) is 0 Å². The topological polar surface area (TPSA) is 79.9 Å². The largest absolute Gasteiger partial charge is 0.455 e. The minimum Gasteiger partial charge on any atom is -0.455 e. The van der Waals surface area contributed by atoms with E-state index in [4.69, 9.17) is 4.74 Å². The van der Waals surface area contributed by atoms with Gasteiger partial charge in [0.15, 0.2) is 0 Å². The molecular weight excluding hydrogens is 385 g/mol. The van der Waals surface area contributed by atoms with Crippen molar-refractivity contribution in [3.8, 4) is 11.5 Å². The Morgan fingerprint density at radius 1 is 1.03 bits per heavy atom. The molecule has 0 aliphatic rings. The summed E-state index contributed by atoms with van der Waals surface area (Å²) < 4.78 is 45.6. The molecule has 4 rings (SSSR count). The molecule has 1 aromatic carbocycles. The number of amides is 1. The average molecular weight is 398 g/mol. The van der Waals surface area contributed by atoms with Gasteiger partial charge in [-0.15, -0.1) is 0 Å². The average Bonchev–Trinajstić information content (AvgIpc) is 3.16. The second kappa shape index (κ2) is 7.27. The SMILES string of the molecule is O=C(Nc1cc(Oc2cnc3[nH]ccc3c2)c(C(F)(F)F)cn1)c1ccccc1. The number of aromatic amines is 1. The van der Waals surface area contributed by atoms with Crippen LogP contribution in [0.25, 0.3) is 11.0 Å². The van der Waals surface area contributed by atoms with Gasteiger partial charge in [-0.2, -0.15) is 13.2 Å². The Morgan fingerprint density at radius 3 is 2.59 bits per heavy atom. The van der Waals surface area contributed by atoms with Crippen molar-refractivity contribution in [1.82, 2.24) is 15.0 Å². The number of fused-ring (bicyclic) bond motifs is 1. The fourth-order valence-corrected chi connectivity index (χ4v) is 2.68. The number of anilines is 1. The number of aromatic nitrogens is 3. The lowest BCUT2D eigenvalue weighted by atomic mass is 10.2. The minimum absolute atomic E-state index is 0.0717. The standard InChI is InChI=1S/C20H13F3N4O2/c21-20(22,23)15-11-25-17(27-19(28)12-4-2-1-3-5-12)9-16(15)29-14-8-13-6-7-24-18(13)26-10-14/h1-11H,(H,24,26)(H,25,27,28). The number of nitrogens with one attached hydrogen (secondary N) is 2. The van der Waals surface area contributed by atoms with Crippen LogP contribution in [0, 0.1) is 0 Å². The van der Waals surface area contributed by atoms with Crippen LogP contribution >= 0.6 is 0 Å². The summed E-state index contributed by atoms with van der Waals surface area (Å²) in [6.07, 6.45) is -1.10. The number of halogens is 3. The first-order chi connectivity index (χ1) is 13.9. The zero-order valence-corrected chi connectivity index (χ0v) is 14.7. The molecule has 0 atom stereocenters. The highest BCUT2D eigenvalue weighted by molar-refractivity contribution is 6.03. The summed E-state index contributed by atoms with van der Waals surface area (Å²) in [5.74, 6) is -0.946. The molecule has 0 aliphatic heterocycles. The van der Waals surface area contributed by atoms with Crippen molar-refractivity contribution in [3.05, 3.63) is 78.2 Å². The lowest BCUT2D eigenvalue weighted by molar-refractivity contribution is -0.138. The maximum atomic E-state index is 13.4. The number of carbonyl (C=O) groups is 1. The fraction of sp³-hybridized carbons (Fsp3) is 0.0500. The highest BCUT2D eigenvalue weighted by atomic mass is 19.4. The minimum atomic E-state index is -4.68. The molecule has 3 aromatic heterocycles. The van der Waals surface area contributed by atoms with Crippen LogP contribution < -0.4 is 10.1 Å². The summed E-state index contributed by atoms with van der Waals surface area (Å²) in [7, 11) is 0. The Labute approximate surface area is 162 Å². The van der Waals surface area contributed by atoms with Gasteiger partial charge >= 0.3 is 6.18 Å². The quantitative estimate of drug-likeness (QED) is 0.506. The zero-order chi connectivity index (χ0) is 20.4. The zero-order valence-electron chi connectivity index (χ0n) is 14.7. The summed E-state index contributed by atoms with van der Waals surface area (Å²) in [6, 6.07) is 12.6. The highest BCUT2D eigenvalue weighted by Gasteiger charge is 2.35. The lowest BCUT2D eigenvalue weighted by Gasteiger charge is -2.15. The van der Waals surface area contributed by atoms with Gasteiger partial charge in [0, 0.05) is 29.4 Å².